The predicted molar refractivity (Wildman–Crippen MR) is 73.2 cm³/mol. The highest BCUT2D eigenvalue weighted by atomic mass is 35.5. The largest absolute Gasteiger partial charge is 0.467 e. The van der Waals surface area contributed by atoms with Crippen LogP contribution in [0.5, 0.6) is 5.75 Å². The molecule has 1 aromatic carbocycles. The number of halogens is 1. The number of hydrogen-bond acceptors (Lipinski definition) is 3. The molecule has 0 saturated heterocycles. The molecule has 0 aromatic heterocycles. The van der Waals surface area contributed by atoms with Gasteiger partial charge in [-0.15, -0.1) is 0 Å². The molecule has 1 amide bonds. The first kappa shape index (κ1) is 13.7. The van der Waals surface area contributed by atoms with E-state index >= 15 is 0 Å². The zero-order chi connectivity index (χ0) is 14.2. The van der Waals surface area contributed by atoms with Gasteiger partial charge < -0.3 is 10.5 Å². The van der Waals surface area contributed by atoms with Crippen molar-refractivity contribution in [1.82, 2.24) is 4.90 Å². The van der Waals surface area contributed by atoms with E-state index in [0.29, 0.717) is 23.6 Å². The number of hydrogen-bond donors (Lipinski definition) is 2. The lowest BCUT2D eigenvalue weighted by Crippen LogP contribution is -2.59. The lowest BCUT2D eigenvalue weighted by molar-refractivity contribution is -0.140. The summed E-state index contributed by atoms with van der Waals surface area (Å²) < 4.78 is 5.88. The van der Waals surface area contributed by atoms with Crippen LogP contribution >= 0.6 is 11.6 Å². The quantitative estimate of drug-likeness (QED) is 0.611. The summed E-state index contributed by atoms with van der Waals surface area (Å²) in [5.74, 6) is 0.0467. The molecule has 0 spiro atoms. The molecule has 1 atom stereocenters. The number of carbonyl (C=O) groups excluding carboxylic acids is 1. The molecule has 1 unspecified atom stereocenters. The molecule has 19 heavy (non-hydrogen) atoms. The summed E-state index contributed by atoms with van der Waals surface area (Å²) in [6, 6.07) is 5.36. The molecule has 2 rings (SSSR count). The highest BCUT2D eigenvalue weighted by Crippen LogP contribution is 2.36. The van der Waals surface area contributed by atoms with Crippen LogP contribution in [0.4, 0.5) is 0 Å². The molecule has 5 nitrogen and oxygen atoms in total. The van der Waals surface area contributed by atoms with Crippen LogP contribution in [0.3, 0.4) is 0 Å². The van der Waals surface area contributed by atoms with Crippen LogP contribution in [0.1, 0.15) is 25.8 Å². The number of amides is 1. The first-order chi connectivity index (χ1) is 8.83. The van der Waals surface area contributed by atoms with Crippen LogP contribution in [0.25, 0.3) is 0 Å². The molecule has 102 valence electrons. The number of nitrogens with two attached hydrogens (primary N) is 1. The molecule has 0 bridgehead atoms. The van der Waals surface area contributed by atoms with Crippen LogP contribution in [0.2, 0.25) is 5.02 Å². The molecular weight excluding hydrogens is 266 g/mol. The van der Waals surface area contributed by atoms with E-state index in [1.807, 2.05) is 6.07 Å². The van der Waals surface area contributed by atoms with E-state index in [-0.39, 0.29) is 11.9 Å². The van der Waals surface area contributed by atoms with Gasteiger partial charge in [0.2, 0.25) is 5.91 Å². The second-order valence-electron chi connectivity index (χ2n) is 4.77. The number of ether oxygens (including phenoxy) is 1. The highest BCUT2D eigenvalue weighted by Gasteiger charge is 2.40. The van der Waals surface area contributed by atoms with Gasteiger partial charge in [0.25, 0.3) is 0 Å². The number of nitrogens with one attached hydrogen (secondary N) is 1. The third-order valence-electron chi connectivity index (χ3n) is 3.24. The fraction of sp³-hybridized carbons (Fsp3) is 0.385. The highest BCUT2D eigenvalue weighted by molar-refractivity contribution is 6.30. The Morgan fingerprint density at radius 1 is 1.58 bits per heavy atom. The predicted octanol–water partition coefficient (Wildman–Crippen LogP) is 2.12. The molecule has 1 aliphatic rings. The monoisotopic (exact) mass is 281 g/mol. The van der Waals surface area contributed by atoms with Crippen molar-refractivity contribution >= 4 is 23.5 Å². The Morgan fingerprint density at radius 3 is 2.84 bits per heavy atom. The first-order valence-corrected chi connectivity index (χ1v) is 6.33. The number of guanidine groups is 1. The Balaban J connectivity index is 2.35. The molecule has 0 aliphatic carbocycles. The molecule has 1 aliphatic heterocycles. The minimum absolute atomic E-state index is 0.313. The summed E-state index contributed by atoms with van der Waals surface area (Å²) in [7, 11) is 0. The van der Waals surface area contributed by atoms with Gasteiger partial charge in [-0.05, 0) is 37.1 Å². The lowest BCUT2D eigenvalue weighted by atomic mass is 9.97. The Kier molecular flexibility index (Phi) is 3.41. The summed E-state index contributed by atoms with van der Waals surface area (Å²) in [5.41, 5.74) is 5.55. The maximum Gasteiger partial charge on any atom is 0.229 e. The van der Waals surface area contributed by atoms with E-state index in [4.69, 9.17) is 27.5 Å². The molecule has 3 N–H and O–H groups in total. The number of fused-ring (bicyclic) bond motifs is 1. The Hall–Kier alpha value is -1.75. The van der Waals surface area contributed by atoms with E-state index in [1.165, 1.54) is 11.8 Å². The third-order valence-corrected chi connectivity index (χ3v) is 3.47. The summed E-state index contributed by atoms with van der Waals surface area (Å²) >= 11 is 5.94. The van der Waals surface area contributed by atoms with E-state index in [9.17, 15) is 4.79 Å². The van der Waals surface area contributed by atoms with Crippen molar-refractivity contribution in [3.8, 4) is 5.75 Å². The van der Waals surface area contributed by atoms with E-state index in [0.717, 1.165) is 5.56 Å². The van der Waals surface area contributed by atoms with Crippen LogP contribution in [0, 0.1) is 5.41 Å². The molecule has 6 heteroatoms. The van der Waals surface area contributed by atoms with Gasteiger partial charge in [-0.3, -0.25) is 10.2 Å². The second-order valence-corrected chi connectivity index (χ2v) is 5.21. The van der Waals surface area contributed by atoms with Gasteiger partial charge in [0.1, 0.15) is 5.75 Å². The SMILES string of the molecule is CC(=O)N(C(=N)N)C1(C)CCc2cc(Cl)ccc2O1. The maximum absolute atomic E-state index is 11.7. The number of aryl methyl sites for hydroxylation is 1. The third kappa shape index (κ3) is 2.51. The van der Waals surface area contributed by atoms with Gasteiger partial charge in [0, 0.05) is 18.4 Å². The van der Waals surface area contributed by atoms with Gasteiger partial charge in [-0.25, -0.2) is 4.90 Å². The van der Waals surface area contributed by atoms with Crippen LogP contribution in [-0.4, -0.2) is 22.5 Å². The smallest absolute Gasteiger partial charge is 0.229 e. The van der Waals surface area contributed by atoms with E-state index in [2.05, 4.69) is 0 Å². The minimum atomic E-state index is -0.932. The number of rotatable bonds is 1. The number of benzene rings is 1. The maximum atomic E-state index is 11.7. The van der Waals surface area contributed by atoms with Crippen molar-refractivity contribution in [2.45, 2.75) is 32.4 Å². The molecule has 1 aromatic rings. The van der Waals surface area contributed by atoms with Crippen molar-refractivity contribution in [2.24, 2.45) is 5.73 Å². The zero-order valence-corrected chi connectivity index (χ0v) is 11.6. The molecule has 0 fully saturated rings. The van der Waals surface area contributed by atoms with Crippen molar-refractivity contribution in [3.05, 3.63) is 28.8 Å². The summed E-state index contributed by atoms with van der Waals surface area (Å²) in [6.45, 7) is 3.13. The zero-order valence-electron chi connectivity index (χ0n) is 10.9. The lowest BCUT2D eigenvalue weighted by Gasteiger charge is -2.42. The summed E-state index contributed by atoms with van der Waals surface area (Å²) in [4.78, 5) is 12.8. The summed E-state index contributed by atoms with van der Waals surface area (Å²) in [5, 5.41) is 8.20. The van der Waals surface area contributed by atoms with Crippen molar-refractivity contribution in [3.63, 3.8) is 0 Å². The molecule has 1 heterocycles. The fourth-order valence-electron chi connectivity index (χ4n) is 2.41. The normalized spacial score (nSPS) is 21.2. The first-order valence-electron chi connectivity index (χ1n) is 5.96. The molecule has 0 radical (unpaired) electrons. The van der Waals surface area contributed by atoms with Crippen LogP contribution in [-0.2, 0) is 11.2 Å². The Bertz CT molecular complexity index is 533. The van der Waals surface area contributed by atoms with Gasteiger partial charge >= 0.3 is 0 Å². The van der Waals surface area contributed by atoms with Gasteiger partial charge in [0.05, 0.1) is 0 Å². The van der Waals surface area contributed by atoms with Gasteiger partial charge in [0.15, 0.2) is 11.7 Å². The number of nitrogens with zero attached hydrogens (tertiary/aromatic N) is 1. The Labute approximate surface area is 116 Å². The average Bonchev–Trinajstić information content (AvgIpc) is 2.28. The van der Waals surface area contributed by atoms with E-state index < -0.39 is 5.72 Å². The van der Waals surface area contributed by atoms with Crippen LogP contribution < -0.4 is 10.5 Å². The van der Waals surface area contributed by atoms with Gasteiger partial charge in [-0.2, -0.15) is 0 Å². The minimum Gasteiger partial charge on any atom is -0.467 e. The molecule has 0 saturated carbocycles. The van der Waals surface area contributed by atoms with Gasteiger partial charge in [-0.1, -0.05) is 11.6 Å². The average molecular weight is 282 g/mol. The fourth-order valence-corrected chi connectivity index (χ4v) is 2.61. The summed E-state index contributed by atoms with van der Waals surface area (Å²) in [6.07, 6.45) is 1.27. The topological polar surface area (TPSA) is 79.4 Å². The standard InChI is InChI=1S/C13H16ClN3O2/c1-8(18)17(12(15)16)13(2)6-5-9-7-10(14)3-4-11(9)19-13/h3-4,7H,5-6H2,1-2H3,(H3,15,16). The van der Waals surface area contributed by atoms with Crippen LogP contribution in [0.15, 0.2) is 18.2 Å². The Morgan fingerprint density at radius 2 is 2.26 bits per heavy atom. The van der Waals surface area contributed by atoms with Crippen molar-refractivity contribution in [2.75, 3.05) is 0 Å². The second kappa shape index (κ2) is 4.74. The van der Waals surface area contributed by atoms with E-state index in [1.54, 1.807) is 19.1 Å². The van der Waals surface area contributed by atoms with Crippen molar-refractivity contribution in [1.29, 1.82) is 5.41 Å². The van der Waals surface area contributed by atoms with Crippen molar-refractivity contribution < 1.29 is 9.53 Å². The molecular formula is C13H16ClN3O2. The number of carbonyl (C=O) groups is 1.